The maximum Gasteiger partial charge on any atom is 0.0480 e. The van der Waals surface area contributed by atoms with Gasteiger partial charge in [-0.2, -0.15) is 0 Å². The first-order valence-corrected chi connectivity index (χ1v) is 6.70. The van der Waals surface area contributed by atoms with Crippen molar-refractivity contribution in [1.82, 2.24) is 5.32 Å². The van der Waals surface area contributed by atoms with Crippen molar-refractivity contribution in [2.75, 3.05) is 13.2 Å². The van der Waals surface area contributed by atoms with Gasteiger partial charge < -0.3 is 10.1 Å². The van der Waals surface area contributed by atoms with E-state index in [-0.39, 0.29) is 0 Å². The molecule has 0 aliphatic carbocycles. The molecule has 1 aliphatic rings. The zero-order valence-electron chi connectivity index (χ0n) is 10.4. The highest BCUT2D eigenvalue weighted by molar-refractivity contribution is 4.76. The Bertz CT molecular complexity index is 143. The number of ether oxygens (including phenoxy) is 1. The van der Waals surface area contributed by atoms with Crippen molar-refractivity contribution < 1.29 is 4.74 Å². The Morgan fingerprint density at radius 1 is 1.13 bits per heavy atom. The van der Waals surface area contributed by atoms with Crippen molar-refractivity contribution in [2.45, 2.75) is 70.9 Å². The van der Waals surface area contributed by atoms with Crippen LogP contribution in [0.5, 0.6) is 0 Å². The summed E-state index contributed by atoms with van der Waals surface area (Å²) in [6, 6.07) is 1.46. The summed E-state index contributed by atoms with van der Waals surface area (Å²) in [7, 11) is 0. The van der Waals surface area contributed by atoms with Crippen molar-refractivity contribution in [2.24, 2.45) is 0 Å². The third-order valence-corrected chi connectivity index (χ3v) is 3.24. The molecule has 1 saturated heterocycles. The van der Waals surface area contributed by atoms with Crippen LogP contribution in [-0.4, -0.2) is 25.3 Å². The Hall–Kier alpha value is -0.0800. The van der Waals surface area contributed by atoms with Gasteiger partial charge in [0.25, 0.3) is 0 Å². The minimum absolute atomic E-state index is 0.715. The van der Waals surface area contributed by atoms with Crippen LogP contribution in [0.25, 0.3) is 0 Å². The molecule has 1 heterocycles. The fourth-order valence-corrected chi connectivity index (χ4v) is 2.31. The highest BCUT2D eigenvalue weighted by atomic mass is 16.5. The van der Waals surface area contributed by atoms with E-state index in [9.17, 15) is 0 Å². The van der Waals surface area contributed by atoms with E-state index in [1.54, 1.807) is 0 Å². The van der Waals surface area contributed by atoms with Crippen LogP contribution in [0.3, 0.4) is 0 Å². The van der Waals surface area contributed by atoms with Crippen LogP contribution >= 0.6 is 0 Å². The summed E-state index contributed by atoms with van der Waals surface area (Å²) in [6.45, 7) is 6.46. The number of hydrogen-bond acceptors (Lipinski definition) is 2. The molecule has 0 aromatic carbocycles. The van der Waals surface area contributed by atoms with E-state index >= 15 is 0 Å². The lowest BCUT2D eigenvalue weighted by Crippen LogP contribution is -2.41. The molecule has 0 bridgehead atoms. The van der Waals surface area contributed by atoms with Crippen molar-refractivity contribution in [3.8, 4) is 0 Å². The molecule has 15 heavy (non-hydrogen) atoms. The smallest absolute Gasteiger partial charge is 0.0480 e. The molecule has 90 valence electrons. The quantitative estimate of drug-likeness (QED) is 0.701. The van der Waals surface area contributed by atoms with Crippen LogP contribution in [0, 0.1) is 0 Å². The van der Waals surface area contributed by atoms with Crippen LogP contribution < -0.4 is 5.32 Å². The summed E-state index contributed by atoms with van der Waals surface area (Å²) in [5.41, 5.74) is 0. The molecule has 0 saturated carbocycles. The van der Waals surface area contributed by atoms with Gasteiger partial charge in [-0.15, -0.1) is 0 Å². The monoisotopic (exact) mass is 213 g/mol. The average Bonchev–Trinajstić information content (AvgIpc) is 2.28. The predicted octanol–water partition coefficient (Wildman–Crippen LogP) is 3.11. The standard InChI is InChI=1S/C13H27NO/c1-3-5-7-12(6-4-2)14-13-8-10-15-11-9-13/h12-14H,3-11H2,1-2H3. The third-order valence-electron chi connectivity index (χ3n) is 3.24. The van der Waals surface area contributed by atoms with Gasteiger partial charge >= 0.3 is 0 Å². The Kier molecular flexibility index (Phi) is 7.03. The van der Waals surface area contributed by atoms with E-state index < -0.39 is 0 Å². The van der Waals surface area contributed by atoms with Crippen molar-refractivity contribution >= 4 is 0 Å². The Morgan fingerprint density at radius 3 is 2.47 bits per heavy atom. The molecular formula is C13H27NO. The minimum Gasteiger partial charge on any atom is -0.381 e. The number of nitrogens with one attached hydrogen (secondary N) is 1. The molecular weight excluding hydrogens is 186 g/mol. The molecule has 1 N–H and O–H groups in total. The SMILES string of the molecule is CCCCC(CCC)NC1CCOCC1. The number of hydrogen-bond donors (Lipinski definition) is 1. The highest BCUT2D eigenvalue weighted by Crippen LogP contribution is 2.12. The summed E-state index contributed by atoms with van der Waals surface area (Å²) >= 11 is 0. The number of unbranched alkanes of at least 4 members (excludes halogenated alkanes) is 1. The summed E-state index contributed by atoms with van der Waals surface area (Å²) < 4.78 is 5.38. The maximum atomic E-state index is 5.38. The van der Waals surface area contributed by atoms with Gasteiger partial charge in [-0.1, -0.05) is 33.1 Å². The molecule has 0 amide bonds. The van der Waals surface area contributed by atoms with Gasteiger partial charge in [0.05, 0.1) is 0 Å². The Labute approximate surface area is 94.8 Å². The molecule has 1 atom stereocenters. The van der Waals surface area contributed by atoms with Crippen LogP contribution in [0.1, 0.15) is 58.8 Å². The second-order valence-corrected chi connectivity index (χ2v) is 4.68. The van der Waals surface area contributed by atoms with Crippen LogP contribution in [0.4, 0.5) is 0 Å². The molecule has 2 nitrogen and oxygen atoms in total. The first-order chi connectivity index (χ1) is 7.36. The van der Waals surface area contributed by atoms with Gasteiger partial charge in [-0.05, 0) is 25.7 Å². The zero-order valence-corrected chi connectivity index (χ0v) is 10.4. The predicted molar refractivity (Wildman–Crippen MR) is 65.2 cm³/mol. The average molecular weight is 213 g/mol. The van der Waals surface area contributed by atoms with Gasteiger partial charge in [-0.3, -0.25) is 0 Å². The topological polar surface area (TPSA) is 21.3 Å². The molecule has 1 aliphatic heterocycles. The molecule has 0 spiro atoms. The van der Waals surface area contributed by atoms with Gasteiger partial charge in [0.1, 0.15) is 0 Å². The van der Waals surface area contributed by atoms with Gasteiger partial charge in [0.2, 0.25) is 0 Å². The fourth-order valence-electron chi connectivity index (χ4n) is 2.31. The van der Waals surface area contributed by atoms with E-state index in [0.29, 0.717) is 6.04 Å². The molecule has 1 unspecified atom stereocenters. The fraction of sp³-hybridized carbons (Fsp3) is 1.00. The van der Waals surface area contributed by atoms with Crippen molar-refractivity contribution in [3.63, 3.8) is 0 Å². The molecule has 0 aromatic rings. The van der Waals surface area contributed by atoms with Crippen LogP contribution in [0.2, 0.25) is 0 Å². The first kappa shape index (κ1) is 13.0. The second-order valence-electron chi connectivity index (χ2n) is 4.68. The van der Waals surface area contributed by atoms with E-state index in [4.69, 9.17) is 4.74 Å². The Balaban J connectivity index is 2.21. The van der Waals surface area contributed by atoms with Crippen molar-refractivity contribution in [3.05, 3.63) is 0 Å². The second kappa shape index (κ2) is 8.12. The van der Waals surface area contributed by atoms with Crippen LogP contribution in [-0.2, 0) is 4.74 Å². The molecule has 1 fully saturated rings. The molecule has 0 radical (unpaired) electrons. The van der Waals surface area contributed by atoms with E-state index in [1.165, 1.54) is 44.9 Å². The van der Waals surface area contributed by atoms with E-state index in [1.807, 2.05) is 0 Å². The minimum atomic E-state index is 0.715. The lowest BCUT2D eigenvalue weighted by molar-refractivity contribution is 0.0740. The molecule has 0 aromatic heterocycles. The molecule has 1 rings (SSSR count). The first-order valence-electron chi connectivity index (χ1n) is 6.70. The maximum absolute atomic E-state index is 5.38. The normalized spacial score (nSPS) is 20.4. The largest absolute Gasteiger partial charge is 0.381 e. The highest BCUT2D eigenvalue weighted by Gasteiger charge is 2.17. The van der Waals surface area contributed by atoms with Crippen molar-refractivity contribution in [1.29, 1.82) is 0 Å². The summed E-state index contributed by atoms with van der Waals surface area (Å²) in [5, 5.41) is 3.81. The van der Waals surface area contributed by atoms with E-state index in [0.717, 1.165) is 19.3 Å². The summed E-state index contributed by atoms with van der Waals surface area (Å²) in [6.07, 6.45) is 9.05. The summed E-state index contributed by atoms with van der Waals surface area (Å²) in [4.78, 5) is 0. The number of rotatable bonds is 7. The van der Waals surface area contributed by atoms with Gasteiger partial charge in [0.15, 0.2) is 0 Å². The zero-order chi connectivity index (χ0) is 10.9. The van der Waals surface area contributed by atoms with Gasteiger partial charge in [0, 0.05) is 25.3 Å². The third kappa shape index (κ3) is 5.53. The van der Waals surface area contributed by atoms with E-state index in [2.05, 4.69) is 19.2 Å². The Morgan fingerprint density at radius 2 is 1.87 bits per heavy atom. The van der Waals surface area contributed by atoms with Crippen LogP contribution in [0.15, 0.2) is 0 Å². The summed E-state index contributed by atoms with van der Waals surface area (Å²) in [5.74, 6) is 0. The lowest BCUT2D eigenvalue weighted by Gasteiger charge is -2.28. The molecule has 2 heteroatoms. The van der Waals surface area contributed by atoms with Gasteiger partial charge in [-0.25, -0.2) is 0 Å². The lowest BCUT2D eigenvalue weighted by atomic mass is 10.0.